The maximum absolute atomic E-state index is 15.0. The van der Waals surface area contributed by atoms with Gasteiger partial charge in [0.1, 0.15) is 5.69 Å². The molecular weight excluding hydrogens is 363 g/mol. The molecule has 0 aliphatic carbocycles. The fourth-order valence-electron chi connectivity index (χ4n) is 3.91. The lowest BCUT2D eigenvalue weighted by Crippen LogP contribution is -2.19. The van der Waals surface area contributed by atoms with E-state index in [4.69, 9.17) is 5.73 Å². The molecule has 2 aromatic rings. The fraction of sp³-hybridized carbons (Fsp3) is 0.455. The van der Waals surface area contributed by atoms with Crippen LogP contribution in [0.5, 0.6) is 0 Å². The minimum absolute atomic E-state index is 0.0987. The average molecular weight is 391 g/mol. The SMILES string of the molecule is CC(C)c1cccc(C(C)C)c1N1Cc2c(F)c(F)c(NCCN)c(F)c2C1. The number of hydrogen-bond acceptors (Lipinski definition) is 3. The lowest BCUT2D eigenvalue weighted by molar-refractivity contribution is 0.489. The van der Waals surface area contributed by atoms with E-state index in [9.17, 15) is 8.78 Å². The Balaban J connectivity index is 2.09. The van der Waals surface area contributed by atoms with Gasteiger partial charge in [-0.05, 0) is 23.0 Å². The van der Waals surface area contributed by atoms with E-state index in [1.165, 1.54) is 0 Å². The first kappa shape index (κ1) is 20.5. The lowest BCUT2D eigenvalue weighted by atomic mass is 9.92. The zero-order valence-corrected chi connectivity index (χ0v) is 16.9. The fourth-order valence-corrected chi connectivity index (χ4v) is 3.91. The summed E-state index contributed by atoms with van der Waals surface area (Å²) < 4.78 is 44.2. The third-order valence-electron chi connectivity index (χ3n) is 5.33. The van der Waals surface area contributed by atoms with Crippen LogP contribution >= 0.6 is 0 Å². The van der Waals surface area contributed by atoms with Crippen molar-refractivity contribution in [3.8, 4) is 0 Å². The second-order valence-corrected chi connectivity index (χ2v) is 7.94. The predicted octanol–water partition coefficient (Wildman–Crippen LogP) is 5.24. The number of nitrogens with zero attached hydrogens (tertiary/aromatic N) is 1. The van der Waals surface area contributed by atoms with Crippen LogP contribution in [0.1, 0.15) is 61.8 Å². The van der Waals surface area contributed by atoms with E-state index < -0.39 is 23.1 Å². The van der Waals surface area contributed by atoms with Gasteiger partial charge in [0.05, 0.1) is 0 Å². The van der Waals surface area contributed by atoms with Gasteiger partial charge in [-0.2, -0.15) is 0 Å². The zero-order chi connectivity index (χ0) is 20.6. The Kier molecular flexibility index (Phi) is 5.89. The summed E-state index contributed by atoms with van der Waals surface area (Å²) >= 11 is 0. The van der Waals surface area contributed by atoms with Crippen molar-refractivity contribution >= 4 is 11.4 Å². The number of fused-ring (bicyclic) bond motifs is 1. The van der Waals surface area contributed by atoms with Crippen LogP contribution < -0.4 is 16.0 Å². The topological polar surface area (TPSA) is 41.3 Å². The highest BCUT2D eigenvalue weighted by molar-refractivity contribution is 5.66. The molecule has 2 aromatic carbocycles. The number of nitrogens with one attached hydrogen (secondary N) is 1. The van der Waals surface area contributed by atoms with Crippen molar-refractivity contribution in [3.05, 3.63) is 57.9 Å². The highest BCUT2D eigenvalue weighted by atomic mass is 19.2. The summed E-state index contributed by atoms with van der Waals surface area (Å²) in [5, 5.41) is 2.58. The van der Waals surface area contributed by atoms with Crippen LogP contribution in [0.25, 0.3) is 0 Å². The Hall–Kier alpha value is -2.21. The third kappa shape index (κ3) is 3.46. The Bertz CT molecular complexity index is 852. The molecule has 0 fully saturated rings. The Morgan fingerprint density at radius 2 is 1.46 bits per heavy atom. The molecule has 0 radical (unpaired) electrons. The van der Waals surface area contributed by atoms with Crippen LogP contribution in [-0.4, -0.2) is 13.1 Å². The molecule has 0 amide bonds. The summed E-state index contributed by atoms with van der Waals surface area (Å²) in [6.45, 7) is 9.12. The monoisotopic (exact) mass is 391 g/mol. The van der Waals surface area contributed by atoms with Crippen molar-refractivity contribution in [1.29, 1.82) is 0 Å². The van der Waals surface area contributed by atoms with E-state index in [0.29, 0.717) is 0 Å². The highest BCUT2D eigenvalue weighted by Gasteiger charge is 2.33. The third-order valence-corrected chi connectivity index (χ3v) is 5.33. The van der Waals surface area contributed by atoms with Crippen molar-refractivity contribution in [2.75, 3.05) is 23.3 Å². The largest absolute Gasteiger partial charge is 0.379 e. The van der Waals surface area contributed by atoms with Gasteiger partial charge in [0.25, 0.3) is 0 Å². The van der Waals surface area contributed by atoms with Crippen LogP contribution in [0.2, 0.25) is 0 Å². The molecule has 0 spiro atoms. The molecular formula is C22H28F3N3. The first-order valence-corrected chi connectivity index (χ1v) is 9.77. The molecule has 0 unspecified atom stereocenters. The van der Waals surface area contributed by atoms with Crippen LogP contribution in [0.3, 0.4) is 0 Å². The molecule has 0 aromatic heterocycles. The van der Waals surface area contributed by atoms with Gasteiger partial charge in [0, 0.05) is 43.0 Å². The number of rotatable bonds is 6. The zero-order valence-electron chi connectivity index (χ0n) is 16.9. The Morgan fingerprint density at radius 1 is 0.929 bits per heavy atom. The summed E-state index contributed by atoms with van der Waals surface area (Å²) in [6.07, 6.45) is 0. The normalized spacial score (nSPS) is 13.6. The van der Waals surface area contributed by atoms with E-state index in [1.54, 1.807) is 0 Å². The Labute approximate surface area is 164 Å². The van der Waals surface area contributed by atoms with Crippen molar-refractivity contribution in [1.82, 2.24) is 0 Å². The summed E-state index contributed by atoms with van der Waals surface area (Å²) in [4.78, 5) is 1.97. The smallest absolute Gasteiger partial charge is 0.185 e. The maximum atomic E-state index is 15.0. The molecule has 1 heterocycles. The van der Waals surface area contributed by atoms with Crippen molar-refractivity contribution in [2.24, 2.45) is 5.73 Å². The molecule has 0 saturated heterocycles. The molecule has 3 rings (SSSR count). The molecule has 3 nitrogen and oxygen atoms in total. The Morgan fingerprint density at radius 3 is 1.96 bits per heavy atom. The highest BCUT2D eigenvalue weighted by Crippen LogP contribution is 2.42. The number of anilines is 2. The molecule has 1 aliphatic heterocycles. The molecule has 3 N–H and O–H groups in total. The molecule has 28 heavy (non-hydrogen) atoms. The van der Waals surface area contributed by atoms with Crippen molar-refractivity contribution in [2.45, 2.75) is 52.6 Å². The number of benzene rings is 2. The number of hydrogen-bond donors (Lipinski definition) is 2. The molecule has 6 heteroatoms. The molecule has 0 saturated carbocycles. The van der Waals surface area contributed by atoms with Crippen LogP contribution in [0.4, 0.5) is 24.5 Å². The van der Waals surface area contributed by atoms with Gasteiger partial charge in [-0.3, -0.25) is 0 Å². The number of para-hydroxylation sites is 1. The predicted molar refractivity (Wildman–Crippen MR) is 108 cm³/mol. The van der Waals surface area contributed by atoms with E-state index in [0.717, 1.165) is 16.8 Å². The minimum Gasteiger partial charge on any atom is -0.379 e. The second kappa shape index (κ2) is 8.03. The first-order chi connectivity index (χ1) is 13.3. The van der Waals surface area contributed by atoms with E-state index in [1.807, 2.05) is 11.0 Å². The summed E-state index contributed by atoms with van der Waals surface area (Å²) in [5.41, 5.74) is 8.55. The summed E-state index contributed by atoms with van der Waals surface area (Å²) in [7, 11) is 0. The molecule has 1 aliphatic rings. The maximum Gasteiger partial charge on any atom is 0.185 e. The quantitative estimate of drug-likeness (QED) is 0.662. The van der Waals surface area contributed by atoms with Crippen molar-refractivity contribution < 1.29 is 13.2 Å². The summed E-state index contributed by atoms with van der Waals surface area (Å²) in [5.74, 6) is -2.37. The minimum atomic E-state index is -1.17. The number of nitrogens with two attached hydrogens (primary N) is 1. The average Bonchev–Trinajstić information content (AvgIpc) is 3.11. The standard InChI is InChI=1S/C22H28F3N3/c1-12(2)14-6-5-7-15(13(3)4)22(14)28-10-16-17(11-28)19(24)21(27-9-8-26)20(25)18(16)23/h5-7,12-13,27H,8-11,26H2,1-4H3. The van der Waals surface area contributed by atoms with Crippen LogP contribution in [0, 0.1) is 17.5 Å². The van der Waals surface area contributed by atoms with Gasteiger partial charge >= 0.3 is 0 Å². The first-order valence-electron chi connectivity index (χ1n) is 9.77. The van der Waals surface area contributed by atoms with E-state index >= 15 is 4.39 Å². The molecule has 0 bridgehead atoms. The molecule has 152 valence electrons. The van der Waals surface area contributed by atoms with Gasteiger partial charge in [0.2, 0.25) is 0 Å². The van der Waals surface area contributed by atoms with E-state index in [2.05, 4.69) is 45.1 Å². The summed E-state index contributed by atoms with van der Waals surface area (Å²) in [6, 6.07) is 6.12. The van der Waals surface area contributed by atoms with Gasteiger partial charge < -0.3 is 16.0 Å². The van der Waals surface area contributed by atoms with Crippen molar-refractivity contribution in [3.63, 3.8) is 0 Å². The van der Waals surface area contributed by atoms with Gasteiger partial charge in [-0.1, -0.05) is 45.9 Å². The van der Waals surface area contributed by atoms with Gasteiger partial charge in [-0.15, -0.1) is 0 Å². The molecule has 0 atom stereocenters. The van der Waals surface area contributed by atoms with Gasteiger partial charge in [0.15, 0.2) is 17.5 Å². The van der Waals surface area contributed by atoms with E-state index in [-0.39, 0.29) is 49.1 Å². The second-order valence-electron chi connectivity index (χ2n) is 7.94. The van der Waals surface area contributed by atoms with Crippen LogP contribution in [-0.2, 0) is 13.1 Å². The van der Waals surface area contributed by atoms with Crippen LogP contribution in [0.15, 0.2) is 18.2 Å². The lowest BCUT2D eigenvalue weighted by Gasteiger charge is -2.28. The number of halogens is 3. The van der Waals surface area contributed by atoms with Gasteiger partial charge in [-0.25, -0.2) is 13.2 Å².